The van der Waals surface area contributed by atoms with Crippen molar-refractivity contribution in [2.75, 3.05) is 23.7 Å². The van der Waals surface area contributed by atoms with Gasteiger partial charge in [-0.3, -0.25) is 4.79 Å². The highest BCUT2D eigenvalue weighted by molar-refractivity contribution is 8.01. The van der Waals surface area contributed by atoms with Crippen molar-refractivity contribution in [2.45, 2.75) is 23.7 Å². The molecule has 27 heavy (non-hydrogen) atoms. The van der Waals surface area contributed by atoms with Gasteiger partial charge in [0, 0.05) is 31.5 Å². The van der Waals surface area contributed by atoms with E-state index in [1.807, 2.05) is 31.3 Å². The van der Waals surface area contributed by atoms with Crippen LogP contribution >= 0.6 is 23.1 Å². The first-order chi connectivity index (χ1) is 13.2. The van der Waals surface area contributed by atoms with Gasteiger partial charge in [0.25, 0.3) is 0 Å². The third-order valence-corrected chi connectivity index (χ3v) is 6.16. The third-order valence-electron chi connectivity index (χ3n) is 4.19. The molecule has 140 valence electrons. The monoisotopic (exact) mass is 401 g/mol. The van der Waals surface area contributed by atoms with Gasteiger partial charge < -0.3 is 15.2 Å². The van der Waals surface area contributed by atoms with E-state index in [1.165, 1.54) is 23.1 Å². The van der Waals surface area contributed by atoms with E-state index in [0.29, 0.717) is 18.2 Å². The molecular weight excluding hydrogens is 382 g/mol. The van der Waals surface area contributed by atoms with Gasteiger partial charge >= 0.3 is 0 Å². The molecule has 0 spiro atoms. The number of aromatic nitrogens is 5. The fourth-order valence-electron chi connectivity index (χ4n) is 2.93. The number of aryl methyl sites for hydroxylation is 1. The molecule has 1 amide bonds. The highest BCUT2D eigenvalue weighted by Crippen LogP contribution is 2.22. The van der Waals surface area contributed by atoms with E-state index >= 15 is 0 Å². The normalized spacial score (nSPS) is 16.6. The van der Waals surface area contributed by atoms with E-state index in [1.54, 1.807) is 6.20 Å². The number of hydrogen-bond acceptors (Lipinski definition) is 8. The summed E-state index contributed by atoms with van der Waals surface area (Å²) in [7, 11) is 0. The molecule has 1 saturated heterocycles. The molecule has 0 saturated carbocycles. The average Bonchev–Trinajstić information content (AvgIpc) is 3.42. The average molecular weight is 402 g/mol. The minimum absolute atomic E-state index is 0.0146. The molecule has 3 aromatic heterocycles. The lowest BCUT2D eigenvalue weighted by molar-refractivity contribution is -0.119. The van der Waals surface area contributed by atoms with E-state index in [-0.39, 0.29) is 11.9 Å². The summed E-state index contributed by atoms with van der Waals surface area (Å²) in [5.41, 5.74) is 1.83. The third kappa shape index (κ3) is 4.45. The second-order valence-electron chi connectivity index (χ2n) is 6.20. The fraction of sp³-hybridized carbons (Fsp3) is 0.353. The molecular formula is C17H19N7OS2. The van der Waals surface area contributed by atoms with E-state index in [0.717, 1.165) is 33.7 Å². The Morgan fingerprint density at radius 1 is 1.44 bits per heavy atom. The zero-order valence-corrected chi connectivity index (χ0v) is 16.4. The van der Waals surface area contributed by atoms with Gasteiger partial charge in [0.1, 0.15) is 5.01 Å². The van der Waals surface area contributed by atoms with Crippen LogP contribution in [0.25, 0.3) is 11.4 Å². The molecule has 1 fully saturated rings. The second kappa shape index (κ2) is 8.05. The van der Waals surface area contributed by atoms with Crippen molar-refractivity contribution in [3.63, 3.8) is 0 Å². The minimum Gasteiger partial charge on any atom is -0.360 e. The zero-order valence-electron chi connectivity index (χ0n) is 14.8. The van der Waals surface area contributed by atoms with Crippen LogP contribution in [0.5, 0.6) is 0 Å². The van der Waals surface area contributed by atoms with Gasteiger partial charge in [-0.1, -0.05) is 23.1 Å². The van der Waals surface area contributed by atoms with Crippen molar-refractivity contribution in [3.05, 3.63) is 35.6 Å². The number of amides is 1. The summed E-state index contributed by atoms with van der Waals surface area (Å²) in [5, 5.41) is 12.0. The number of carbonyl (C=O) groups is 1. The Morgan fingerprint density at radius 3 is 3.15 bits per heavy atom. The van der Waals surface area contributed by atoms with Gasteiger partial charge in [0.15, 0.2) is 4.34 Å². The smallest absolute Gasteiger partial charge is 0.230 e. The van der Waals surface area contributed by atoms with E-state index in [9.17, 15) is 4.79 Å². The van der Waals surface area contributed by atoms with Crippen molar-refractivity contribution in [1.82, 2.24) is 30.5 Å². The lowest BCUT2D eigenvalue weighted by Crippen LogP contribution is -2.38. The molecule has 1 atom stereocenters. The van der Waals surface area contributed by atoms with E-state index in [4.69, 9.17) is 0 Å². The Bertz CT molecular complexity index is 912. The highest BCUT2D eigenvalue weighted by atomic mass is 32.2. The van der Waals surface area contributed by atoms with Crippen molar-refractivity contribution in [1.29, 1.82) is 0 Å². The number of H-pyrrole nitrogens is 1. The number of nitrogens with one attached hydrogen (secondary N) is 2. The van der Waals surface area contributed by atoms with Gasteiger partial charge in [0.2, 0.25) is 11.9 Å². The fourth-order valence-corrected chi connectivity index (χ4v) is 4.56. The van der Waals surface area contributed by atoms with Crippen LogP contribution < -0.4 is 10.2 Å². The molecule has 3 aromatic rings. The Morgan fingerprint density at radius 2 is 2.37 bits per heavy atom. The van der Waals surface area contributed by atoms with Crippen LogP contribution in [0.4, 0.5) is 5.95 Å². The largest absolute Gasteiger partial charge is 0.360 e. The zero-order chi connectivity index (χ0) is 18.6. The molecule has 4 rings (SSSR count). The van der Waals surface area contributed by atoms with Gasteiger partial charge in [-0.2, -0.15) is 0 Å². The maximum Gasteiger partial charge on any atom is 0.230 e. The SMILES string of the molecule is Cc1nnc(SCC(=O)NC2CCN(c3nccc(-c4ccc[nH]4)n3)C2)s1. The van der Waals surface area contributed by atoms with Crippen molar-refractivity contribution < 1.29 is 4.79 Å². The Balaban J connectivity index is 1.31. The van der Waals surface area contributed by atoms with Gasteiger partial charge in [-0.25, -0.2) is 9.97 Å². The number of nitrogens with zero attached hydrogens (tertiary/aromatic N) is 5. The van der Waals surface area contributed by atoms with Crippen LogP contribution in [0.15, 0.2) is 34.9 Å². The predicted molar refractivity (Wildman–Crippen MR) is 106 cm³/mol. The minimum atomic E-state index is 0.0146. The number of thioether (sulfide) groups is 1. The summed E-state index contributed by atoms with van der Waals surface area (Å²) in [6, 6.07) is 5.92. The van der Waals surface area contributed by atoms with Crippen LogP contribution in [-0.4, -0.2) is 55.9 Å². The first-order valence-corrected chi connectivity index (χ1v) is 10.4. The molecule has 10 heteroatoms. The van der Waals surface area contributed by atoms with E-state index < -0.39 is 0 Å². The molecule has 1 unspecified atom stereocenters. The van der Waals surface area contributed by atoms with Crippen LogP contribution in [0, 0.1) is 6.92 Å². The summed E-state index contributed by atoms with van der Waals surface area (Å²) >= 11 is 2.93. The van der Waals surface area contributed by atoms with Crippen LogP contribution in [0.2, 0.25) is 0 Å². The molecule has 0 aliphatic carbocycles. The second-order valence-corrected chi connectivity index (χ2v) is 8.60. The molecule has 0 aromatic carbocycles. The highest BCUT2D eigenvalue weighted by Gasteiger charge is 2.26. The molecule has 4 heterocycles. The van der Waals surface area contributed by atoms with Crippen molar-refractivity contribution >= 4 is 35.0 Å². The van der Waals surface area contributed by atoms with Gasteiger partial charge in [0.05, 0.1) is 17.1 Å². The summed E-state index contributed by atoms with van der Waals surface area (Å²) in [6.45, 7) is 3.44. The van der Waals surface area contributed by atoms with Crippen LogP contribution in [-0.2, 0) is 4.79 Å². The molecule has 8 nitrogen and oxygen atoms in total. The van der Waals surface area contributed by atoms with Crippen molar-refractivity contribution in [2.24, 2.45) is 0 Å². The number of hydrogen-bond donors (Lipinski definition) is 2. The Labute approximate surface area is 164 Å². The van der Waals surface area contributed by atoms with E-state index in [2.05, 4.69) is 35.4 Å². The summed E-state index contributed by atoms with van der Waals surface area (Å²) < 4.78 is 0.824. The molecule has 1 aliphatic rings. The number of carbonyl (C=O) groups excluding carboxylic acids is 1. The lowest BCUT2D eigenvalue weighted by Gasteiger charge is -2.17. The van der Waals surface area contributed by atoms with Crippen LogP contribution in [0.1, 0.15) is 11.4 Å². The van der Waals surface area contributed by atoms with Crippen LogP contribution in [0.3, 0.4) is 0 Å². The number of rotatable bonds is 6. The van der Waals surface area contributed by atoms with Gasteiger partial charge in [-0.15, -0.1) is 10.2 Å². The number of aromatic amines is 1. The summed E-state index contributed by atoms with van der Waals surface area (Å²) in [4.78, 5) is 26.5. The maximum atomic E-state index is 12.2. The van der Waals surface area contributed by atoms with Crippen molar-refractivity contribution in [3.8, 4) is 11.4 Å². The first-order valence-electron chi connectivity index (χ1n) is 8.61. The lowest BCUT2D eigenvalue weighted by atomic mass is 10.2. The molecule has 2 N–H and O–H groups in total. The maximum absolute atomic E-state index is 12.2. The Hall–Kier alpha value is -2.46. The Kier molecular flexibility index (Phi) is 5.35. The first kappa shape index (κ1) is 17.9. The quantitative estimate of drug-likeness (QED) is 0.610. The summed E-state index contributed by atoms with van der Waals surface area (Å²) in [6.07, 6.45) is 4.52. The predicted octanol–water partition coefficient (Wildman–Crippen LogP) is 2.12. The number of anilines is 1. The molecule has 1 aliphatic heterocycles. The molecule has 0 radical (unpaired) electrons. The standard InChI is InChI=1S/C17H19N7OS2/c1-11-22-23-17(27-11)26-10-15(25)20-12-5-8-24(9-12)16-19-7-4-14(21-16)13-3-2-6-18-13/h2-4,6-7,12,18H,5,8-10H2,1H3,(H,20,25). The topological polar surface area (TPSA) is 99.7 Å². The summed E-state index contributed by atoms with van der Waals surface area (Å²) in [5.74, 6) is 1.06. The van der Waals surface area contributed by atoms with Gasteiger partial charge in [-0.05, 0) is 31.5 Å². The molecule has 0 bridgehead atoms.